The van der Waals surface area contributed by atoms with Crippen LogP contribution < -0.4 is 19.5 Å². The van der Waals surface area contributed by atoms with E-state index in [0.29, 0.717) is 23.8 Å². The Bertz CT molecular complexity index is 685. The van der Waals surface area contributed by atoms with Crippen molar-refractivity contribution >= 4 is 17.2 Å². The Balaban J connectivity index is 2.05. The van der Waals surface area contributed by atoms with E-state index in [1.54, 1.807) is 33.5 Å². The number of methoxy groups -OCH3 is 3. The standard InChI is InChI=1S/C16H20N2O4S/c1-10-18-12(9-23-10)6-16(19)17-8-11-5-14(21-3)15(22-4)7-13(11)20-2/h5,7,9H,6,8H2,1-4H3,(H,17,19). The van der Waals surface area contributed by atoms with Gasteiger partial charge in [0.05, 0.1) is 38.5 Å². The molecule has 6 nitrogen and oxygen atoms in total. The van der Waals surface area contributed by atoms with Gasteiger partial charge < -0.3 is 19.5 Å². The number of ether oxygens (including phenoxy) is 3. The Morgan fingerprint density at radius 2 is 1.78 bits per heavy atom. The third-order valence-electron chi connectivity index (χ3n) is 3.27. The first-order chi connectivity index (χ1) is 11.1. The fourth-order valence-electron chi connectivity index (χ4n) is 2.14. The fraction of sp³-hybridized carbons (Fsp3) is 0.375. The van der Waals surface area contributed by atoms with Crippen molar-refractivity contribution in [1.82, 2.24) is 10.3 Å². The minimum absolute atomic E-state index is 0.0906. The maximum absolute atomic E-state index is 12.0. The van der Waals surface area contributed by atoms with E-state index >= 15 is 0 Å². The number of carbonyl (C=O) groups excluding carboxylic acids is 1. The smallest absolute Gasteiger partial charge is 0.226 e. The molecular formula is C16H20N2O4S. The number of hydrogen-bond acceptors (Lipinski definition) is 6. The molecule has 0 bridgehead atoms. The highest BCUT2D eigenvalue weighted by Gasteiger charge is 2.13. The van der Waals surface area contributed by atoms with Crippen LogP contribution >= 0.6 is 11.3 Å². The molecule has 0 saturated heterocycles. The van der Waals surface area contributed by atoms with E-state index in [-0.39, 0.29) is 12.3 Å². The van der Waals surface area contributed by atoms with Crippen LogP contribution in [0.4, 0.5) is 0 Å². The second kappa shape index (κ2) is 7.82. The molecule has 0 fully saturated rings. The summed E-state index contributed by atoms with van der Waals surface area (Å²) in [5, 5.41) is 5.72. The van der Waals surface area contributed by atoms with Gasteiger partial charge in [-0.05, 0) is 13.0 Å². The van der Waals surface area contributed by atoms with Crippen LogP contribution in [0.3, 0.4) is 0 Å². The lowest BCUT2D eigenvalue weighted by Crippen LogP contribution is -2.25. The van der Waals surface area contributed by atoms with Crippen molar-refractivity contribution in [2.75, 3.05) is 21.3 Å². The normalized spacial score (nSPS) is 10.3. The Labute approximate surface area is 139 Å². The highest BCUT2D eigenvalue weighted by molar-refractivity contribution is 7.09. The van der Waals surface area contributed by atoms with Gasteiger partial charge in [-0.3, -0.25) is 4.79 Å². The molecule has 23 heavy (non-hydrogen) atoms. The first-order valence-corrected chi connectivity index (χ1v) is 7.92. The fourth-order valence-corrected chi connectivity index (χ4v) is 2.75. The molecule has 0 aliphatic carbocycles. The molecule has 0 aliphatic heterocycles. The van der Waals surface area contributed by atoms with Crippen molar-refractivity contribution in [1.29, 1.82) is 0 Å². The summed E-state index contributed by atoms with van der Waals surface area (Å²) in [7, 11) is 4.70. The van der Waals surface area contributed by atoms with Crippen LogP contribution in [0.2, 0.25) is 0 Å². The third kappa shape index (κ3) is 4.35. The number of nitrogens with one attached hydrogen (secondary N) is 1. The Hall–Kier alpha value is -2.28. The second-order valence-corrected chi connectivity index (χ2v) is 5.89. The lowest BCUT2D eigenvalue weighted by molar-refractivity contribution is -0.120. The molecular weight excluding hydrogens is 316 g/mol. The van der Waals surface area contributed by atoms with Crippen molar-refractivity contribution < 1.29 is 19.0 Å². The molecule has 2 rings (SSSR count). The summed E-state index contributed by atoms with van der Waals surface area (Å²) in [6.07, 6.45) is 0.264. The number of carbonyl (C=O) groups is 1. The number of thiazole rings is 1. The zero-order valence-electron chi connectivity index (χ0n) is 13.6. The zero-order chi connectivity index (χ0) is 16.8. The Morgan fingerprint density at radius 3 is 2.35 bits per heavy atom. The van der Waals surface area contributed by atoms with Crippen LogP contribution in [0.25, 0.3) is 0 Å². The lowest BCUT2D eigenvalue weighted by Gasteiger charge is -2.14. The van der Waals surface area contributed by atoms with Gasteiger partial charge in [-0.25, -0.2) is 4.98 Å². The molecule has 0 unspecified atom stereocenters. The van der Waals surface area contributed by atoms with Crippen LogP contribution in [-0.4, -0.2) is 32.2 Å². The molecule has 1 N–H and O–H groups in total. The van der Waals surface area contributed by atoms with Gasteiger partial charge in [0, 0.05) is 23.6 Å². The average molecular weight is 336 g/mol. The molecule has 0 saturated carbocycles. The minimum Gasteiger partial charge on any atom is -0.496 e. The number of rotatable bonds is 7. The van der Waals surface area contributed by atoms with Crippen LogP contribution in [0, 0.1) is 6.92 Å². The van der Waals surface area contributed by atoms with E-state index in [9.17, 15) is 4.79 Å². The molecule has 0 aliphatic rings. The summed E-state index contributed by atoms with van der Waals surface area (Å²) in [6, 6.07) is 3.54. The SMILES string of the molecule is COc1cc(OC)c(OC)cc1CNC(=O)Cc1csc(C)n1. The average Bonchev–Trinajstić information content (AvgIpc) is 2.96. The third-order valence-corrected chi connectivity index (χ3v) is 4.09. The van der Waals surface area contributed by atoms with Crippen molar-refractivity contribution in [3.8, 4) is 17.2 Å². The monoisotopic (exact) mass is 336 g/mol. The van der Waals surface area contributed by atoms with E-state index < -0.39 is 0 Å². The van der Waals surface area contributed by atoms with Gasteiger partial charge in [-0.15, -0.1) is 11.3 Å². The number of hydrogen-bond donors (Lipinski definition) is 1. The maximum Gasteiger partial charge on any atom is 0.226 e. The maximum atomic E-state index is 12.0. The van der Waals surface area contributed by atoms with Gasteiger partial charge in [-0.2, -0.15) is 0 Å². The van der Waals surface area contributed by atoms with Crippen molar-refractivity contribution in [2.24, 2.45) is 0 Å². The predicted octanol–water partition coefficient (Wildman–Crippen LogP) is 2.34. The summed E-state index contributed by atoms with van der Waals surface area (Å²) in [5.74, 6) is 1.71. The summed E-state index contributed by atoms with van der Waals surface area (Å²) in [6.45, 7) is 2.26. The van der Waals surface area contributed by atoms with E-state index in [1.165, 1.54) is 11.3 Å². The first-order valence-electron chi connectivity index (χ1n) is 7.04. The zero-order valence-corrected chi connectivity index (χ0v) is 14.5. The second-order valence-electron chi connectivity index (χ2n) is 4.83. The number of aromatic nitrogens is 1. The lowest BCUT2D eigenvalue weighted by atomic mass is 10.1. The molecule has 0 atom stereocenters. The summed E-state index contributed by atoms with van der Waals surface area (Å²) < 4.78 is 15.9. The summed E-state index contributed by atoms with van der Waals surface area (Å²) >= 11 is 1.53. The summed E-state index contributed by atoms with van der Waals surface area (Å²) in [4.78, 5) is 16.3. The predicted molar refractivity (Wildman–Crippen MR) is 88.5 cm³/mol. The van der Waals surface area contributed by atoms with Crippen LogP contribution in [-0.2, 0) is 17.8 Å². The molecule has 7 heteroatoms. The number of aryl methyl sites for hydroxylation is 1. The Kier molecular flexibility index (Phi) is 5.81. The van der Waals surface area contributed by atoms with E-state index in [0.717, 1.165) is 16.3 Å². The topological polar surface area (TPSA) is 69.7 Å². The summed E-state index contributed by atoms with van der Waals surface area (Å²) in [5.41, 5.74) is 1.59. The Morgan fingerprint density at radius 1 is 1.13 bits per heavy atom. The van der Waals surface area contributed by atoms with E-state index in [2.05, 4.69) is 10.3 Å². The van der Waals surface area contributed by atoms with Crippen LogP contribution in [0.15, 0.2) is 17.5 Å². The number of benzene rings is 1. The van der Waals surface area contributed by atoms with Gasteiger partial charge in [0.15, 0.2) is 11.5 Å². The highest BCUT2D eigenvalue weighted by Crippen LogP contribution is 2.34. The van der Waals surface area contributed by atoms with E-state index in [4.69, 9.17) is 14.2 Å². The van der Waals surface area contributed by atoms with Gasteiger partial charge in [-0.1, -0.05) is 0 Å². The number of amides is 1. The molecule has 1 heterocycles. The molecule has 0 spiro atoms. The molecule has 1 amide bonds. The first kappa shape index (κ1) is 17.1. The molecule has 1 aromatic heterocycles. The highest BCUT2D eigenvalue weighted by atomic mass is 32.1. The molecule has 2 aromatic rings. The van der Waals surface area contributed by atoms with Gasteiger partial charge >= 0.3 is 0 Å². The molecule has 1 aromatic carbocycles. The van der Waals surface area contributed by atoms with Gasteiger partial charge in [0.25, 0.3) is 0 Å². The quantitative estimate of drug-likeness (QED) is 0.840. The van der Waals surface area contributed by atoms with Crippen LogP contribution in [0.1, 0.15) is 16.3 Å². The largest absolute Gasteiger partial charge is 0.496 e. The van der Waals surface area contributed by atoms with E-state index in [1.807, 2.05) is 12.3 Å². The molecule has 124 valence electrons. The van der Waals surface area contributed by atoms with Gasteiger partial charge in [0.1, 0.15) is 5.75 Å². The van der Waals surface area contributed by atoms with Crippen molar-refractivity contribution in [3.63, 3.8) is 0 Å². The van der Waals surface area contributed by atoms with Crippen LogP contribution in [0.5, 0.6) is 17.2 Å². The van der Waals surface area contributed by atoms with Crippen molar-refractivity contribution in [3.05, 3.63) is 33.8 Å². The molecule has 0 radical (unpaired) electrons. The minimum atomic E-state index is -0.0906. The van der Waals surface area contributed by atoms with Crippen molar-refractivity contribution in [2.45, 2.75) is 19.9 Å². The number of nitrogens with zero attached hydrogens (tertiary/aromatic N) is 1. The van der Waals surface area contributed by atoms with Gasteiger partial charge in [0.2, 0.25) is 5.91 Å².